The molecule has 0 aliphatic carbocycles. The van der Waals surface area contributed by atoms with E-state index < -0.39 is 11.4 Å². The zero-order valence-electron chi connectivity index (χ0n) is 14.1. The smallest absolute Gasteiger partial charge is 0.262 e. The van der Waals surface area contributed by atoms with Crippen molar-refractivity contribution in [1.29, 1.82) is 5.26 Å². The molecule has 1 saturated heterocycles. The number of carbonyl (C=O) groups is 1. The van der Waals surface area contributed by atoms with Gasteiger partial charge in [0, 0.05) is 13.2 Å². The van der Waals surface area contributed by atoms with Gasteiger partial charge in [0.15, 0.2) is 0 Å². The number of nitrogens with zero attached hydrogens (tertiary/aromatic N) is 2. The molecule has 1 aromatic heterocycles. The first kappa shape index (κ1) is 18.3. The summed E-state index contributed by atoms with van der Waals surface area (Å²) in [4.78, 5) is 17.1. The van der Waals surface area contributed by atoms with Crippen LogP contribution in [0.4, 0.5) is 0 Å². The van der Waals surface area contributed by atoms with Crippen LogP contribution in [0, 0.1) is 11.3 Å². The fourth-order valence-electron chi connectivity index (χ4n) is 3.05. The number of aromatic nitrogens is 1. The molecule has 1 aromatic carbocycles. The average molecular weight is 412 g/mol. The quantitative estimate of drug-likeness (QED) is 0.473. The molecule has 2 heterocycles. The number of hydrogen-bond acceptors (Lipinski definition) is 4. The monoisotopic (exact) mass is 411 g/mol. The van der Waals surface area contributed by atoms with Crippen molar-refractivity contribution in [2.75, 3.05) is 13.2 Å². The Morgan fingerprint density at radius 3 is 2.58 bits per heavy atom. The highest BCUT2D eigenvalue weighted by atomic mass is 79.9. The summed E-state index contributed by atoms with van der Waals surface area (Å²) >= 11 is 3.29. The van der Waals surface area contributed by atoms with Crippen LogP contribution in [0.5, 0.6) is 0 Å². The summed E-state index contributed by atoms with van der Waals surface area (Å²) in [6.07, 6.45) is 2.82. The number of pyridine rings is 1. The molecule has 0 atom stereocenters. The Kier molecular flexibility index (Phi) is 5.82. The summed E-state index contributed by atoms with van der Waals surface area (Å²) < 4.78 is 6.12. The van der Waals surface area contributed by atoms with E-state index in [-0.39, 0.29) is 5.57 Å². The summed E-state index contributed by atoms with van der Waals surface area (Å²) in [5.74, 6) is -0.403. The van der Waals surface area contributed by atoms with E-state index >= 15 is 0 Å². The zero-order valence-corrected chi connectivity index (χ0v) is 15.7. The Hall–Kier alpha value is -2.49. The Labute approximate surface area is 160 Å². The number of hydrogen-bond donors (Lipinski definition) is 1. The predicted octanol–water partition coefficient (Wildman–Crippen LogP) is 3.57. The third kappa shape index (κ3) is 4.18. The SMILES string of the molecule is N#CC(=Cc1cccc(Br)n1)C(=O)NC1(c2ccccc2)CCOCC1. The molecule has 0 radical (unpaired) electrons. The third-order valence-corrected chi connectivity index (χ3v) is 4.86. The lowest BCUT2D eigenvalue weighted by Gasteiger charge is -2.38. The molecule has 1 aliphatic heterocycles. The van der Waals surface area contributed by atoms with Gasteiger partial charge in [0.1, 0.15) is 16.2 Å². The fourth-order valence-corrected chi connectivity index (χ4v) is 3.41. The normalized spacial score (nSPS) is 16.5. The Morgan fingerprint density at radius 1 is 1.19 bits per heavy atom. The van der Waals surface area contributed by atoms with Crippen LogP contribution in [0.3, 0.4) is 0 Å². The molecule has 3 rings (SSSR count). The largest absolute Gasteiger partial charge is 0.381 e. The standard InChI is InChI=1S/C20H18BrN3O2/c21-18-8-4-7-17(23-18)13-15(14-22)19(25)24-20(9-11-26-12-10-20)16-5-2-1-3-6-16/h1-8,13H,9-12H2,(H,24,25). The number of nitrogens with one attached hydrogen (secondary N) is 1. The minimum atomic E-state index is -0.531. The highest BCUT2D eigenvalue weighted by Gasteiger charge is 2.36. The van der Waals surface area contributed by atoms with Crippen LogP contribution >= 0.6 is 15.9 Å². The highest BCUT2D eigenvalue weighted by Crippen LogP contribution is 2.32. The molecule has 6 heteroatoms. The summed E-state index contributed by atoms with van der Waals surface area (Å²) in [7, 11) is 0. The van der Waals surface area contributed by atoms with E-state index in [0.29, 0.717) is 36.4 Å². The second-order valence-electron chi connectivity index (χ2n) is 6.07. The van der Waals surface area contributed by atoms with Gasteiger partial charge in [0.05, 0.1) is 11.2 Å². The summed E-state index contributed by atoms with van der Waals surface area (Å²) in [5, 5.41) is 12.6. The van der Waals surface area contributed by atoms with Crippen molar-refractivity contribution in [2.45, 2.75) is 18.4 Å². The average Bonchev–Trinajstić information content (AvgIpc) is 2.67. The van der Waals surface area contributed by atoms with Crippen molar-refractivity contribution in [3.05, 3.63) is 70.0 Å². The Bertz CT molecular complexity index is 853. The van der Waals surface area contributed by atoms with Crippen molar-refractivity contribution >= 4 is 27.9 Å². The van der Waals surface area contributed by atoms with Gasteiger partial charge in [-0.25, -0.2) is 4.98 Å². The number of benzene rings is 1. The first-order valence-electron chi connectivity index (χ1n) is 8.33. The number of halogens is 1. The van der Waals surface area contributed by atoms with Gasteiger partial charge in [-0.05, 0) is 52.5 Å². The van der Waals surface area contributed by atoms with Gasteiger partial charge < -0.3 is 10.1 Å². The molecule has 1 amide bonds. The summed E-state index contributed by atoms with van der Waals surface area (Å²) in [6, 6.07) is 17.2. The highest BCUT2D eigenvalue weighted by molar-refractivity contribution is 9.10. The van der Waals surface area contributed by atoms with Gasteiger partial charge in [-0.15, -0.1) is 0 Å². The molecular formula is C20H18BrN3O2. The lowest BCUT2D eigenvalue weighted by Crippen LogP contribution is -2.49. The molecule has 1 aliphatic rings. The third-order valence-electron chi connectivity index (χ3n) is 4.42. The second-order valence-corrected chi connectivity index (χ2v) is 6.88. The van der Waals surface area contributed by atoms with Gasteiger partial charge in [0.25, 0.3) is 5.91 Å². The Morgan fingerprint density at radius 2 is 1.92 bits per heavy atom. The molecule has 2 aromatic rings. The van der Waals surface area contributed by atoms with Crippen LogP contribution in [0.1, 0.15) is 24.1 Å². The molecular weight excluding hydrogens is 394 g/mol. The molecule has 132 valence electrons. The number of amides is 1. The molecule has 1 fully saturated rings. The molecule has 0 bridgehead atoms. The van der Waals surface area contributed by atoms with Gasteiger partial charge in [-0.3, -0.25) is 4.79 Å². The van der Waals surface area contributed by atoms with Crippen LogP contribution in [0.25, 0.3) is 6.08 Å². The van der Waals surface area contributed by atoms with Crippen LogP contribution < -0.4 is 5.32 Å². The van der Waals surface area contributed by atoms with Crippen molar-refractivity contribution < 1.29 is 9.53 Å². The molecule has 26 heavy (non-hydrogen) atoms. The number of rotatable bonds is 4. The number of nitriles is 1. The molecule has 0 spiro atoms. The van der Waals surface area contributed by atoms with Gasteiger partial charge in [0.2, 0.25) is 0 Å². The van der Waals surface area contributed by atoms with Gasteiger partial charge in [-0.2, -0.15) is 5.26 Å². The van der Waals surface area contributed by atoms with Crippen molar-refractivity contribution in [3.63, 3.8) is 0 Å². The minimum absolute atomic E-state index is 0.0254. The predicted molar refractivity (Wildman–Crippen MR) is 102 cm³/mol. The van der Waals surface area contributed by atoms with E-state index in [4.69, 9.17) is 4.74 Å². The second kappa shape index (κ2) is 8.26. The van der Waals surface area contributed by atoms with E-state index in [1.54, 1.807) is 18.2 Å². The lowest BCUT2D eigenvalue weighted by atomic mass is 9.82. The maximum atomic E-state index is 12.8. The van der Waals surface area contributed by atoms with Crippen molar-refractivity contribution in [3.8, 4) is 6.07 Å². The molecule has 1 N–H and O–H groups in total. The van der Waals surface area contributed by atoms with E-state index in [1.807, 2.05) is 36.4 Å². The minimum Gasteiger partial charge on any atom is -0.381 e. The molecule has 5 nitrogen and oxygen atoms in total. The van der Waals surface area contributed by atoms with E-state index in [2.05, 4.69) is 26.2 Å². The molecule has 0 saturated carbocycles. The van der Waals surface area contributed by atoms with Crippen molar-refractivity contribution in [1.82, 2.24) is 10.3 Å². The maximum Gasteiger partial charge on any atom is 0.262 e. The Balaban J connectivity index is 1.88. The maximum absolute atomic E-state index is 12.8. The lowest BCUT2D eigenvalue weighted by molar-refractivity contribution is -0.120. The zero-order chi connectivity index (χ0) is 18.4. The first-order valence-corrected chi connectivity index (χ1v) is 9.12. The van der Waals surface area contributed by atoms with Crippen molar-refractivity contribution in [2.24, 2.45) is 0 Å². The summed E-state index contributed by atoms with van der Waals surface area (Å²) in [6.45, 7) is 1.13. The van der Waals surface area contributed by atoms with Crippen LogP contribution in [-0.4, -0.2) is 24.1 Å². The summed E-state index contributed by atoms with van der Waals surface area (Å²) in [5.41, 5.74) is 1.07. The van der Waals surface area contributed by atoms with Crippen LogP contribution in [-0.2, 0) is 15.1 Å². The van der Waals surface area contributed by atoms with Crippen LogP contribution in [0.2, 0.25) is 0 Å². The van der Waals surface area contributed by atoms with E-state index in [1.165, 1.54) is 6.08 Å². The molecule has 0 unspecified atom stereocenters. The fraction of sp³-hybridized carbons (Fsp3) is 0.250. The van der Waals surface area contributed by atoms with Gasteiger partial charge >= 0.3 is 0 Å². The van der Waals surface area contributed by atoms with E-state index in [9.17, 15) is 10.1 Å². The van der Waals surface area contributed by atoms with Crippen LogP contribution in [0.15, 0.2) is 58.7 Å². The topological polar surface area (TPSA) is 75.0 Å². The van der Waals surface area contributed by atoms with Gasteiger partial charge in [-0.1, -0.05) is 36.4 Å². The first-order chi connectivity index (χ1) is 12.6. The number of carbonyl (C=O) groups excluding carboxylic acids is 1. The van der Waals surface area contributed by atoms with E-state index in [0.717, 1.165) is 5.56 Å². The number of ether oxygens (including phenoxy) is 1.